The Morgan fingerprint density at radius 1 is 1.62 bits per heavy atom. The van der Waals surface area contributed by atoms with Gasteiger partial charge in [0, 0.05) is 12.5 Å². The van der Waals surface area contributed by atoms with Crippen molar-refractivity contribution in [2.45, 2.75) is 32.7 Å². The van der Waals surface area contributed by atoms with Crippen LogP contribution in [0, 0.1) is 0 Å². The molecule has 0 saturated carbocycles. The summed E-state index contributed by atoms with van der Waals surface area (Å²) < 4.78 is 10.1. The first-order valence-corrected chi connectivity index (χ1v) is 5.63. The second-order valence-corrected chi connectivity index (χ2v) is 3.71. The highest BCUT2D eigenvalue weighted by Gasteiger charge is 2.06. The minimum absolute atomic E-state index is 0.202. The van der Waals surface area contributed by atoms with Crippen LogP contribution in [0.15, 0.2) is 22.8 Å². The average Bonchev–Trinajstić information content (AvgIpc) is 2.77. The molecule has 4 heteroatoms. The highest BCUT2D eigenvalue weighted by Crippen LogP contribution is 2.05. The molecule has 1 N–H and O–H groups in total. The Kier molecular flexibility index (Phi) is 5.64. The number of hydrogen-bond acceptors (Lipinski definition) is 4. The lowest BCUT2D eigenvalue weighted by Gasteiger charge is -2.12. The van der Waals surface area contributed by atoms with Crippen LogP contribution in [-0.2, 0) is 16.0 Å². The van der Waals surface area contributed by atoms with Crippen molar-refractivity contribution >= 4 is 5.97 Å². The molecule has 16 heavy (non-hydrogen) atoms. The number of aryl methyl sites for hydroxylation is 1. The minimum atomic E-state index is -0.202. The smallest absolute Gasteiger partial charge is 0.319 e. The van der Waals surface area contributed by atoms with Crippen molar-refractivity contribution in [1.29, 1.82) is 0 Å². The Morgan fingerprint density at radius 2 is 2.44 bits per heavy atom. The Balaban J connectivity index is 2.11. The largest absolute Gasteiger partial charge is 0.469 e. The van der Waals surface area contributed by atoms with Gasteiger partial charge < -0.3 is 14.5 Å². The van der Waals surface area contributed by atoms with Crippen LogP contribution in [0.1, 0.15) is 26.0 Å². The van der Waals surface area contributed by atoms with E-state index in [-0.39, 0.29) is 18.6 Å². The molecule has 0 radical (unpaired) electrons. The first-order chi connectivity index (χ1) is 7.72. The highest BCUT2D eigenvalue weighted by atomic mass is 16.5. The summed E-state index contributed by atoms with van der Waals surface area (Å²) in [6.45, 7) is 4.55. The van der Waals surface area contributed by atoms with E-state index in [2.05, 4.69) is 5.32 Å². The predicted octanol–water partition coefficient (Wildman–Crippen LogP) is 1.75. The molecule has 0 bridgehead atoms. The van der Waals surface area contributed by atoms with Gasteiger partial charge in [-0.1, -0.05) is 0 Å². The van der Waals surface area contributed by atoms with Crippen LogP contribution in [0.2, 0.25) is 0 Å². The minimum Gasteiger partial charge on any atom is -0.469 e. The fraction of sp³-hybridized carbons (Fsp3) is 0.583. The lowest BCUT2D eigenvalue weighted by molar-refractivity contribution is -0.142. The van der Waals surface area contributed by atoms with Gasteiger partial charge >= 0.3 is 5.97 Å². The molecule has 1 heterocycles. The molecule has 4 nitrogen and oxygen atoms in total. The molecule has 0 aliphatic heterocycles. The van der Waals surface area contributed by atoms with Crippen molar-refractivity contribution in [1.82, 2.24) is 5.32 Å². The zero-order valence-electron chi connectivity index (χ0n) is 9.86. The molecule has 1 unspecified atom stereocenters. The van der Waals surface area contributed by atoms with Crippen LogP contribution >= 0.6 is 0 Å². The summed E-state index contributed by atoms with van der Waals surface area (Å²) in [5.41, 5.74) is 0. The molecule has 1 aromatic rings. The number of carbonyl (C=O) groups is 1. The van der Waals surface area contributed by atoms with Gasteiger partial charge in [-0.2, -0.15) is 0 Å². The summed E-state index contributed by atoms with van der Waals surface area (Å²) in [5, 5.41) is 3.11. The SMILES string of the molecule is CCOC(=O)CNC(C)CCc1ccco1. The number of hydrogen-bond donors (Lipinski definition) is 1. The van der Waals surface area contributed by atoms with Crippen molar-refractivity contribution in [2.24, 2.45) is 0 Å². The van der Waals surface area contributed by atoms with E-state index in [9.17, 15) is 4.79 Å². The second kappa shape index (κ2) is 7.06. The molecule has 0 aromatic carbocycles. The molecule has 0 fully saturated rings. The van der Waals surface area contributed by atoms with E-state index in [0.29, 0.717) is 6.61 Å². The van der Waals surface area contributed by atoms with Gasteiger partial charge in [0.05, 0.1) is 19.4 Å². The van der Waals surface area contributed by atoms with E-state index in [4.69, 9.17) is 9.15 Å². The summed E-state index contributed by atoms with van der Waals surface area (Å²) in [4.78, 5) is 11.1. The number of rotatable bonds is 7. The fourth-order valence-electron chi connectivity index (χ4n) is 1.39. The normalized spacial score (nSPS) is 12.4. The van der Waals surface area contributed by atoms with Crippen LogP contribution in [0.3, 0.4) is 0 Å². The molecular formula is C12H19NO3. The van der Waals surface area contributed by atoms with E-state index in [1.807, 2.05) is 19.1 Å². The number of ether oxygens (including phenoxy) is 1. The zero-order valence-corrected chi connectivity index (χ0v) is 9.86. The van der Waals surface area contributed by atoms with Gasteiger partial charge in [0.25, 0.3) is 0 Å². The molecular weight excluding hydrogens is 206 g/mol. The maximum atomic E-state index is 11.1. The quantitative estimate of drug-likeness (QED) is 0.718. The summed E-state index contributed by atoms with van der Waals surface area (Å²) in [6.07, 6.45) is 3.49. The Bertz CT molecular complexity index is 295. The van der Waals surface area contributed by atoms with Crippen molar-refractivity contribution in [2.75, 3.05) is 13.2 Å². The van der Waals surface area contributed by atoms with Crippen LogP contribution in [0.25, 0.3) is 0 Å². The van der Waals surface area contributed by atoms with E-state index < -0.39 is 0 Å². The molecule has 1 rings (SSSR count). The third kappa shape index (κ3) is 4.98. The monoisotopic (exact) mass is 225 g/mol. The molecule has 90 valence electrons. The molecule has 1 aromatic heterocycles. The topological polar surface area (TPSA) is 51.5 Å². The van der Waals surface area contributed by atoms with E-state index >= 15 is 0 Å². The van der Waals surface area contributed by atoms with Gasteiger partial charge in [-0.05, 0) is 32.4 Å². The van der Waals surface area contributed by atoms with Crippen LogP contribution in [0.4, 0.5) is 0 Å². The van der Waals surface area contributed by atoms with Crippen LogP contribution < -0.4 is 5.32 Å². The van der Waals surface area contributed by atoms with Gasteiger partial charge in [0.2, 0.25) is 0 Å². The first-order valence-electron chi connectivity index (χ1n) is 5.63. The molecule has 0 amide bonds. The Labute approximate surface area is 96.0 Å². The predicted molar refractivity (Wildman–Crippen MR) is 61.1 cm³/mol. The maximum absolute atomic E-state index is 11.1. The van der Waals surface area contributed by atoms with Crippen molar-refractivity contribution in [3.63, 3.8) is 0 Å². The lowest BCUT2D eigenvalue weighted by atomic mass is 10.1. The molecule has 0 spiro atoms. The Hall–Kier alpha value is -1.29. The second-order valence-electron chi connectivity index (χ2n) is 3.71. The summed E-state index contributed by atoms with van der Waals surface area (Å²) in [7, 11) is 0. The highest BCUT2D eigenvalue weighted by molar-refractivity contribution is 5.71. The molecule has 0 saturated heterocycles. The van der Waals surface area contributed by atoms with E-state index in [1.54, 1.807) is 13.2 Å². The standard InChI is InChI=1S/C12H19NO3/c1-3-15-12(14)9-13-10(2)6-7-11-5-4-8-16-11/h4-5,8,10,13H,3,6-7,9H2,1-2H3. The molecule has 0 aliphatic carbocycles. The van der Waals surface area contributed by atoms with Gasteiger partial charge in [-0.3, -0.25) is 4.79 Å². The van der Waals surface area contributed by atoms with Crippen LogP contribution in [-0.4, -0.2) is 25.2 Å². The number of carbonyl (C=O) groups excluding carboxylic acids is 1. The van der Waals surface area contributed by atoms with Crippen molar-refractivity contribution < 1.29 is 13.9 Å². The van der Waals surface area contributed by atoms with E-state index in [1.165, 1.54) is 0 Å². The van der Waals surface area contributed by atoms with Gasteiger partial charge in [0.15, 0.2) is 0 Å². The van der Waals surface area contributed by atoms with Crippen molar-refractivity contribution in [3.05, 3.63) is 24.2 Å². The van der Waals surface area contributed by atoms with E-state index in [0.717, 1.165) is 18.6 Å². The van der Waals surface area contributed by atoms with Gasteiger partial charge in [0.1, 0.15) is 5.76 Å². The first kappa shape index (κ1) is 12.8. The number of nitrogens with one attached hydrogen (secondary N) is 1. The summed E-state index contributed by atoms with van der Waals surface area (Å²) in [6, 6.07) is 4.11. The molecule has 0 aliphatic rings. The third-order valence-corrected chi connectivity index (χ3v) is 2.30. The van der Waals surface area contributed by atoms with Crippen molar-refractivity contribution in [3.8, 4) is 0 Å². The zero-order chi connectivity index (χ0) is 11.8. The average molecular weight is 225 g/mol. The number of esters is 1. The summed E-state index contributed by atoms with van der Waals surface area (Å²) >= 11 is 0. The number of furan rings is 1. The fourth-order valence-corrected chi connectivity index (χ4v) is 1.39. The molecule has 1 atom stereocenters. The Morgan fingerprint density at radius 3 is 3.06 bits per heavy atom. The maximum Gasteiger partial charge on any atom is 0.319 e. The van der Waals surface area contributed by atoms with Gasteiger partial charge in [-0.25, -0.2) is 0 Å². The van der Waals surface area contributed by atoms with Crippen LogP contribution in [0.5, 0.6) is 0 Å². The third-order valence-electron chi connectivity index (χ3n) is 2.30. The van der Waals surface area contributed by atoms with Gasteiger partial charge in [-0.15, -0.1) is 0 Å². The lowest BCUT2D eigenvalue weighted by Crippen LogP contribution is -2.32. The summed E-state index contributed by atoms with van der Waals surface area (Å²) in [5.74, 6) is 0.775.